The highest BCUT2D eigenvalue weighted by Crippen LogP contribution is 2.31. The molecule has 0 saturated carbocycles. The van der Waals surface area contributed by atoms with Crippen LogP contribution in [0.5, 0.6) is 17.5 Å². The summed E-state index contributed by atoms with van der Waals surface area (Å²) in [6.45, 7) is 2.35. The summed E-state index contributed by atoms with van der Waals surface area (Å²) < 4.78 is 11.1. The van der Waals surface area contributed by atoms with Gasteiger partial charge in [-0.1, -0.05) is 30.3 Å². The fraction of sp³-hybridized carbons (Fsp3) is 0.125. The Morgan fingerprint density at radius 1 is 1.00 bits per heavy atom. The van der Waals surface area contributed by atoms with Gasteiger partial charge < -0.3 is 15.2 Å². The molecule has 0 amide bonds. The van der Waals surface area contributed by atoms with Crippen LogP contribution in [0.1, 0.15) is 6.92 Å². The molecule has 3 rings (SSSR count). The Morgan fingerprint density at radius 3 is 2.57 bits per heavy atom. The first-order valence-electron chi connectivity index (χ1n) is 6.68. The highest BCUT2D eigenvalue weighted by molar-refractivity contribution is 5.83. The highest BCUT2D eigenvalue weighted by Gasteiger charge is 2.11. The predicted octanol–water partition coefficient (Wildman–Crippen LogP) is 3.40. The first kappa shape index (κ1) is 13.2. The molecule has 0 unspecified atom stereocenters. The van der Waals surface area contributed by atoms with Gasteiger partial charge in [-0.15, -0.1) is 0 Å². The summed E-state index contributed by atoms with van der Waals surface area (Å²) in [5.41, 5.74) is 6.25. The third kappa shape index (κ3) is 2.72. The largest absolute Gasteiger partial charge is 0.476 e. The number of fused-ring (bicyclic) bond motifs is 1. The Bertz CT molecular complexity index is 774. The molecular formula is C16H15N3O2. The van der Waals surface area contributed by atoms with Crippen molar-refractivity contribution in [1.82, 2.24) is 9.97 Å². The summed E-state index contributed by atoms with van der Waals surface area (Å²) in [4.78, 5) is 8.04. The fourth-order valence-electron chi connectivity index (χ4n) is 2.04. The molecule has 5 heteroatoms. The summed E-state index contributed by atoms with van der Waals surface area (Å²) in [5, 5.41) is 2.24. The van der Waals surface area contributed by atoms with Crippen molar-refractivity contribution >= 4 is 16.5 Å². The zero-order valence-corrected chi connectivity index (χ0v) is 11.6. The van der Waals surface area contributed by atoms with Gasteiger partial charge in [0.15, 0.2) is 5.69 Å². The van der Waals surface area contributed by atoms with Crippen LogP contribution < -0.4 is 15.2 Å². The van der Waals surface area contributed by atoms with E-state index < -0.39 is 0 Å². The number of nitrogens with two attached hydrogens (primary N) is 1. The van der Waals surface area contributed by atoms with Crippen LogP contribution in [0.2, 0.25) is 0 Å². The van der Waals surface area contributed by atoms with Crippen LogP contribution in [0.4, 0.5) is 5.69 Å². The molecule has 106 valence electrons. The molecule has 0 saturated heterocycles. The normalized spacial score (nSPS) is 10.5. The third-order valence-corrected chi connectivity index (χ3v) is 3.03. The van der Waals surface area contributed by atoms with E-state index in [4.69, 9.17) is 15.2 Å². The molecule has 0 aliphatic rings. The van der Waals surface area contributed by atoms with E-state index in [2.05, 4.69) is 9.97 Å². The zero-order chi connectivity index (χ0) is 14.7. The molecule has 0 fully saturated rings. The summed E-state index contributed by atoms with van der Waals surface area (Å²) >= 11 is 0. The van der Waals surface area contributed by atoms with Gasteiger partial charge in [-0.05, 0) is 29.8 Å². The van der Waals surface area contributed by atoms with Crippen molar-refractivity contribution in [3.05, 3.63) is 48.8 Å². The monoisotopic (exact) mass is 281 g/mol. The SMILES string of the molecule is CCOc1ncnc(Oc2ccc3ccccc3c2)c1N. The molecule has 1 aromatic heterocycles. The van der Waals surface area contributed by atoms with E-state index in [9.17, 15) is 0 Å². The molecule has 21 heavy (non-hydrogen) atoms. The molecule has 0 atom stereocenters. The molecule has 0 aliphatic carbocycles. The molecule has 2 aromatic carbocycles. The van der Waals surface area contributed by atoms with Gasteiger partial charge in [0, 0.05) is 0 Å². The quantitative estimate of drug-likeness (QED) is 0.793. The van der Waals surface area contributed by atoms with Crippen LogP contribution in [-0.2, 0) is 0 Å². The lowest BCUT2D eigenvalue weighted by Gasteiger charge is -2.10. The number of hydrogen-bond donors (Lipinski definition) is 1. The van der Waals surface area contributed by atoms with E-state index in [0.717, 1.165) is 10.8 Å². The minimum Gasteiger partial charge on any atom is -0.476 e. The molecular weight excluding hydrogens is 266 g/mol. The Balaban J connectivity index is 1.93. The van der Waals surface area contributed by atoms with Crippen molar-refractivity contribution in [3.8, 4) is 17.5 Å². The maximum atomic E-state index is 5.95. The van der Waals surface area contributed by atoms with E-state index in [1.54, 1.807) is 0 Å². The van der Waals surface area contributed by atoms with E-state index in [0.29, 0.717) is 29.8 Å². The Labute approximate surface area is 122 Å². The molecule has 0 spiro atoms. The van der Waals surface area contributed by atoms with Gasteiger partial charge in [0.1, 0.15) is 12.1 Å². The van der Waals surface area contributed by atoms with Gasteiger partial charge >= 0.3 is 0 Å². The first-order chi connectivity index (χ1) is 10.3. The second-order valence-corrected chi connectivity index (χ2v) is 4.44. The van der Waals surface area contributed by atoms with Crippen LogP contribution in [0.15, 0.2) is 48.8 Å². The number of aromatic nitrogens is 2. The van der Waals surface area contributed by atoms with Gasteiger partial charge in [0.05, 0.1) is 6.61 Å². The van der Waals surface area contributed by atoms with Gasteiger partial charge in [-0.25, -0.2) is 0 Å². The predicted molar refractivity (Wildman–Crippen MR) is 81.6 cm³/mol. The number of rotatable bonds is 4. The van der Waals surface area contributed by atoms with Gasteiger partial charge in [-0.2, -0.15) is 9.97 Å². The Kier molecular flexibility index (Phi) is 3.55. The van der Waals surface area contributed by atoms with E-state index in [1.165, 1.54) is 6.33 Å². The number of nitrogen functional groups attached to an aromatic ring is 1. The van der Waals surface area contributed by atoms with Crippen LogP contribution in [0.3, 0.4) is 0 Å². The molecule has 0 radical (unpaired) electrons. The van der Waals surface area contributed by atoms with Gasteiger partial charge in [0.2, 0.25) is 11.8 Å². The number of hydrogen-bond acceptors (Lipinski definition) is 5. The Hall–Kier alpha value is -2.82. The molecule has 3 aromatic rings. The lowest BCUT2D eigenvalue weighted by atomic mass is 10.1. The summed E-state index contributed by atoms with van der Waals surface area (Å²) in [6.07, 6.45) is 1.37. The fourth-order valence-corrected chi connectivity index (χ4v) is 2.04. The standard InChI is InChI=1S/C16H15N3O2/c1-2-20-15-14(17)16(19-10-18-15)21-13-8-7-11-5-3-4-6-12(11)9-13/h3-10H,2,17H2,1H3. The van der Waals surface area contributed by atoms with Crippen LogP contribution in [-0.4, -0.2) is 16.6 Å². The molecule has 0 aliphatic heterocycles. The van der Waals surface area contributed by atoms with E-state index in [-0.39, 0.29) is 0 Å². The number of anilines is 1. The van der Waals surface area contributed by atoms with Crippen LogP contribution in [0, 0.1) is 0 Å². The second-order valence-electron chi connectivity index (χ2n) is 4.44. The zero-order valence-electron chi connectivity index (χ0n) is 11.6. The minimum absolute atomic E-state index is 0.295. The van der Waals surface area contributed by atoms with Crippen molar-refractivity contribution < 1.29 is 9.47 Å². The summed E-state index contributed by atoms with van der Waals surface area (Å²) in [6, 6.07) is 13.9. The van der Waals surface area contributed by atoms with Gasteiger partial charge in [-0.3, -0.25) is 0 Å². The molecule has 1 heterocycles. The number of ether oxygens (including phenoxy) is 2. The van der Waals surface area contributed by atoms with Crippen molar-refractivity contribution in [2.75, 3.05) is 12.3 Å². The Morgan fingerprint density at radius 2 is 1.76 bits per heavy atom. The average molecular weight is 281 g/mol. The topological polar surface area (TPSA) is 70.3 Å². The summed E-state index contributed by atoms with van der Waals surface area (Å²) in [5.74, 6) is 1.30. The lowest BCUT2D eigenvalue weighted by Crippen LogP contribution is -2.02. The molecule has 5 nitrogen and oxygen atoms in total. The minimum atomic E-state index is 0.295. The number of nitrogens with zero attached hydrogens (tertiary/aromatic N) is 2. The van der Waals surface area contributed by atoms with Crippen molar-refractivity contribution in [1.29, 1.82) is 0 Å². The average Bonchev–Trinajstić information content (AvgIpc) is 2.51. The van der Waals surface area contributed by atoms with Crippen molar-refractivity contribution in [2.45, 2.75) is 6.92 Å². The second kappa shape index (κ2) is 5.66. The third-order valence-electron chi connectivity index (χ3n) is 3.03. The molecule has 0 bridgehead atoms. The van der Waals surface area contributed by atoms with E-state index in [1.807, 2.05) is 49.4 Å². The summed E-state index contributed by atoms with van der Waals surface area (Å²) in [7, 11) is 0. The van der Waals surface area contributed by atoms with Crippen LogP contribution in [0.25, 0.3) is 10.8 Å². The smallest absolute Gasteiger partial charge is 0.249 e. The van der Waals surface area contributed by atoms with E-state index >= 15 is 0 Å². The van der Waals surface area contributed by atoms with Crippen molar-refractivity contribution in [3.63, 3.8) is 0 Å². The first-order valence-corrected chi connectivity index (χ1v) is 6.68. The van der Waals surface area contributed by atoms with Crippen molar-refractivity contribution in [2.24, 2.45) is 0 Å². The maximum absolute atomic E-state index is 5.95. The number of benzene rings is 2. The highest BCUT2D eigenvalue weighted by atomic mass is 16.5. The maximum Gasteiger partial charge on any atom is 0.249 e. The van der Waals surface area contributed by atoms with Crippen LogP contribution >= 0.6 is 0 Å². The lowest BCUT2D eigenvalue weighted by molar-refractivity contribution is 0.325. The van der Waals surface area contributed by atoms with Gasteiger partial charge in [0.25, 0.3) is 0 Å². The molecule has 2 N–H and O–H groups in total.